The zero-order chi connectivity index (χ0) is 7.84. The molecule has 0 amide bonds. The number of hydrogen-bond donors (Lipinski definition) is 0. The van der Waals surface area contributed by atoms with Gasteiger partial charge in [0.25, 0.3) is 0 Å². The van der Waals surface area contributed by atoms with Crippen LogP contribution in [0.2, 0.25) is 0 Å². The van der Waals surface area contributed by atoms with Crippen molar-refractivity contribution in [3.8, 4) is 0 Å². The van der Waals surface area contributed by atoms with Crippen molar-refractivity contribution in [2.45, 2.75) is 11.1 Å². The molecule has 0 radical (unpaired) electrons. The number of rotatable bonds is 0. The van der Waals surface area contributed by atoms with E-state index in [-0.39, 0.29) is 0 Å². The molecule has 1 atom stereocenters. The summed E-state index contributed by atoms with van der Waals surface area (Å²) in [5.41, 5.74) is 4.22. The molecule has 0 spiro atoms. The van der Waals surface area contributed by atoms with E-state index in [9.17, 15) is 0 Å². The van der Waals surface area contributed by atoms with E-state index in [1.54, 1.807) is 0 Å². The first-order valence-electron chi connectivity index (χ1n) is 3.77. The monoisotopic (exact) mass is 177 g/mol. The normalized spacial score (nSPS) is 20.2. The Labute approximate surface area is 78.7 Å². The summed E-state index contributed by atoms with van der Waals surface area (Å²) in [6, 6.07) is 6.66. The van der Waals surface area contributed by atoms with E-state index in [4.69, 9.17) is 0 Å². The molecule has 53 valence electrons. The van der Waals surface area contributed by atoms with E-state index in [0.717, 1.165) is 0 Å². The third kappa shape index (κ3) is 1.21. The zero-order valence-electron chi connectivity index (χ0n) is 6.46. The molecule has 2 rings (SSSR count). The first-order valence-corrected chi connectivity index (χ1v) is 4.67. The number of benzene rings is 1. The molecule has 1 aromatic carbocycles. The molecule has 1 aromatic rings. The van der Waals surface area contributed by atoms with E-state index >= 15 is 0 Å². The Bertz CT molecular complexity index is 313. The number of allylic oxidation sites excluding steroid dienone is 1. The molecule has 11 heavy (non-hydrogen) atoms. The maximum atomic E-state index is 2.25. The average molecular weight is 177 g/mol. The second-order valence-corrected chi connectivity index (χ2v) is 3.94. The summed E-state index contributed by atoms with van der Waals surface area (Å²) in [6.07, 6.45) is 4.47. The molecular weight excluding hydrogens is 168 g/mol. The Morgan fingerprint density at radius 3 is 3.00 bits per heavy atom. The molecule has 0 saturated heterocycles. The van der Waals surface area contributed by atoms with Crippen molar-refractivity contribution >= 4 is 6.08 Å². The van der Waals surface area contributed by atoms with Crippen molar-refractivity contribution < 1.29 is 20.4 Å². The summed E-state index contributed by atoms with van der Waals surface area (Å²) >= 11 is 2.23. The Hall–Kier alpha value is -0.326. The van der Waals surface area contributed by atoms with Crippen LogP contribution < -0.4 is 0 Å². The van der Waals surface area contributed by atoms with Crippen molar-refractivity contribution in [2.24, 2.45) is 0 Å². The van der Waals surface area contributed by atoms with E-state index in [2.05, 4.69) is 57.7 Å². The fraction of sp³-hybridized carbons (Fsp3) is 0.200. The van der Waals surface area contributed by atoms with E-state index in [1.807, 2.05) is 0 Å². The first-order chi connectivity index (χ1) is 5.27. The van der Waals surface area contributed by atoms with Gasteiger partial charge in [-0.15, -0.1) is 0 Å². The van der Waals surface area contributed by atoms with Gasteiger partial charge in [-0.05, 0) is 0 Å². The summed E-state index contributed by atoms with van der Waals surface area (Å²) in [4.78, 5) is 0. The number of fused-ring (bicyclic) bond motifs is 1. The molecule has 1 heteroatoms. The van der Waals surface area contributed by atoms with Crippen LogP contribution >= 0.6 is 0 Å². The second-order valence-electron chi connectivity index (χ2n) is 2.97. The quantitative estimate of drug-likeness (QED) is 0.534. The molecule has 0 aromatic heterocycles. The van der Waals surface area contributed by atoms with Crippen LogP contribution in [0.5, 0.6) is 0 Å². The first kappa shape index (κ1) is 7.33. The Morgan fingerprint density at radius 1 is 1.36 bits per heavy atom. The summed E-state index contributed by atoms with van der Waals surface area (Å²) in [7, 11) is 0. The topological polar surface area (TPSA) is 0 Å². The molecule has 1 unspecified atom stereocenters. The standard InChI is InChI=1S/C10H9.Ti/c1-8-5-6-9-3-2-4-10(9)7-8;/h2-7H,1H3;. The minimum absolute atomic E-state index is 0.616. The van der Waals surface area contributed by atoms with Crippen LogP contribution in [-0.4, -0.2) is 0 Å². The Morgan fingerprint density at radius 2 is 2.18 bits per heavy atom. The summed E-state index contributed by atoms with van der Waals surface area (Å²) in [6.45, 7) is 2.14. The molecule has 0 aliphatic heterocycles. The van der Waals surface area contributed by atoms with Gasteiger partial charge in [-0.25, -0.2) is 0 Å². The zero-order valence-corrected chi connectivity index (χ0v) is 8.03. The molecule has 0 heterocycles. The van der Waals surface area contributed by atoms with Gasteiger partial charge in [0.1, 0.15) is 0 Å². The van der Waals surface area contributed by atoms with Crippen LogP contribution in [0.1, 0.15) is 20.9 Å². The Kier molecular flexibility index (Phi) is 1.74. The molecule has 0 bridgehead atoms. The van der Waals surface area contributed by atoms with Gasteiger partial charge in [0.2, 0.25) is 0 Å². The van der Waals surface area contributed by atoms with Gasteiger partial charge in [0.05, 0.1) is 0 Å². The van der Waals surface area contributed by atoms with Gasteiger partial charge >= 0.3 is 78.6 Å². The SMILES string of the molecule is Cc1ccc2c(c1)C=C[CH]2[Ti]. The van der Waals surface area contributed by atoms with E-state index in [0.29, 0.717) is 4.22 Å². The maximum absolute atomic E-state index is 2.25. The van der Waals surface area contributed by atoms with E-state index < -0.39 is 0 Å². The van der Waals surface area contributed by atoms with Gasteiger partial charge in [0, 0.05) is 0 Å². The van der Waals surface area contributed by atoms with Crippen LogP contribution in [0, 0.1) is 6.92 Å². The van der Waals surface area contributed by atoms with Gasteiger partial charge in [-0.2, -0.15) is 0 Å². The van der Waals surface area contributed by atoms with Crippen molar-refractivity contribution in [1.29, 1.82) is 0 Å². The average Bonchev–Trinajstić information content (AvgIpc) is 2.32. The molecule has 0 fully saturated rings. The van der Waals surface area contributed by atoms with Gasteiger partial charge in [-0.1, -0.05) is 0 Å². The summed E-state index contributed by atoms with van der Waals surface area (Å²) in [5.74, 6) is 0. The molecule has 0 N–H and O–H groups in total. The molecule has 0 nitrogen and oxygen atoms in total. The van der Waals surface area contributed by atoms with E-state index in [1.165, 1.54) is 16.7 Å². The van der Waals surface area contributed by atoms with Crippen LogP contribution in [0.25, 0.3) is 6.08 Å². The minimum atomic E-state index is 0.616. The predicted octanol–water partition coefficient (Wildman–Crippen LogP) is 2.61. The van der Waals surface area contributed by atoms with Gasteiger partial charge < -0.3 is 0 Å². The third-order valence-corrected chi connectivity index (χ3v) is 2.83. The summed E-state index contributed by atoms with van der Waals surface area (Å²) < 4.78 is 0.616. The summed E-state index contributed by atoms with van der Waals surface area (Å²) in [5, 5.41) is 0. The fourth-order valence-electron chi connectivity index (χ4n) is 1.43. The van der Waals surface area contributed by atoms with Crippen molar-refractivity contribution in [3.05, 3.63) is 41.0 Å². The molecule has 1 aliphatic carbocycles. The fourth-order valence-corrected chi connectivity index (χ4v) is 1.99. The Balaban J connectivity index is 2.58. The molecule has 0 saturated carbocycles. The van der Waals surface area contributed by atoms with Crippen molar-refractivity contribution in [3.63, 3.8) is 0 Å². The van der Waals surface area contributed by atoms with Crippen LogP contribution in [0.4, 0.5) is 0 Å². The van der Waals surface area contributed by atoms with Crippen molar-refractivity contribution in [1.82, 2.24) is 0 Å². The predicted molar refractivity (Wildman–Crippen MR) is 43.0 cm³/mol. The van der Waals surface area contributed by atoms with Gasteiger partial charge in [-0.3, -0.25) is 0 Å². The molecular formula is C10H9Ti. The number of aryl methyl sites for hydroxylation is 1. The van der Waals surface area contributed by atoms with Crippen LogP contribution in [0.3, 0.4) is 0 Å². The van der Waals surface area contributed by atoms with Crippen LogP contribution in [0.15, 0.2) is 24.3 Å². The van der Waals surface area contributed by atoms with Gasteiger partial charge in [0.15, 0.2) is 0 Å². The van der Waals surface area contributed by atoms with Crippen LogP contribution in [-0.2, 0) is 20.4 Å². The second kappa shape index (κ2) is 2.62. The van der Waals surface area contributed by atoms with Crippen molar-refractivity contribution in [2.75, 3.05) is 0 Å². The third-order valence-electron chi connectivity index (χ3n) is 2.05. The molecule has 1 aliphatic rings. The number of hydrogen-bond acceptors (Lipinski definition) is 0.